The van der Waals surface area contributed by atoms with Gasteiger partial charge < -0.3 is 15.2 Å². The Labute approximate surface area is 294 Å². The molecule has 0 spiro atoms. The van der Waals surface area contributed by atoms with Crippen molar-refractivity contribution >= 4 is 59.2 Å². The van der Waals surface area contributed by atoms with Crippen LogP contribution in [0.25, 0.3) is 64.1 Å². The lowest BCUT2D eigenvalue weighted by molar-refractivity contribution is 0.631. The van der Waals surface area contributed by atoms with Crippen LogP contribution in [-0.4, -0.2) is 10.4 Å². The molecule has 0 saturated heterocycles. The van der Waals surface area contributed by atoms with Crippen molar-refractivity contribution in [3.05, 3.63) is 192 Å². The van der Waals surface area contributed by atoms with Crippen molar-refractivity contribution in [2.75, 3.05) is 0 Å². The molecule has 0 saturated carbocycles. The van der Waals surface area contributed by atoms with Crippen molar-refractivity contribution in [3.63, 3.8) is 0 Å². The molecular formula is C45H31N4S-. The number of nitrogens with one attached hydrogen (secondary N) is 1. The molecule has 2 unspecified atom stereocenters. The Morgan fingerprint density at radius 1 is 0.540 bits per heavy atom. The molecule has 238 valence electrons. The van der Waals surface area contributed by atoms with Gasteiger partial charge in [0.1, 0.15) is 5.84 Å². The summed E-state index contributed by atoms with van der Waals surface area (Å²) in [6.45, 7) is 0. The maximum atomic E-state index is 5.12. The normalized spacial score (nSPS) is 16.2. The molecule has 2 aromatic heterocycles. The van der Waals surface area contributed by atoms with Crippen LogP contribution in [0.2, 0.25) is 0 Å². The first-order chi connectivity index (χ1) is 24.8. The van der Waals surface area contributed by atoms with Gasteiger partial charge >= 0.3 is 0 Å². The lowest BCUT2D eigenvalue weighted by atomic mass is 10.0. The highest BCUT2D eigenvalue weighted by atomic mass is 32.1. The molecule has 9 aromatic rings. The third-order valence-corrected chi connectivity index (χ3v) is 11.0. The van der Waals surface area contributed by atoms with Crippen LogP contribution < -0.4 is 5.32 Å². The zero-order chi connectivity index (χ0) is 33.0. The Bertz CT molecular complexity index is 2690. The molecule has 1 aliphatic heterocycles. The van der Waals surface area contributed by atoms with Crippen LogP contribution in [0.15, 0.2) is 175 Å². The van der Waals surface area contributed by atoms with Gasteiger partial charge in [0, 0.05) is 42.2 Å². The standard InChI is InChI=1S/C45H31N4S/c1-4-12-29(13-5-1)33-22-25-37-39(28-33)49(38-27-26-36-35-18-10-11-19-40(35)50-42(36)41(37)38)34-23-20-32(21-24-34)45-47-43(30-14-6-2-7-15-30)46-44(48-45)31-16-8-3-9-17-31/h1-28,43-44H,(H,47,48)/q-1. The molecule has 0 bridgehead atoms. The van der Waals surface area contributed by atoms with Gasteiger partial charge in [0.2, 0.25) is 0 Å². The predicted octanol–water partition coefficient (Wildman–Crippen LogP) is 11.9. The van der Waals surface area contributed by atoms with Crippen LogP contribution in [0.5, 0.6) is 0 Å². The third-order valence-electron chi connectivity index (χ3n) is 9.81. The molecule has 2 atom stereocenters. The van der Waals surface area contributed by atoms with E-state index in [1.165, 1.54) is 53.1 Å². The SMILES string of the molecule is c1ccc(-c2ccc3c4c5sc6ccccc6c5ccc4n(-c4ccc(C5=NC(c6ccccc6)[N-]C(c6ccccc6)N5)cc4)c3c2)cc1. The fraction of sp³-hybridized carbons (Fsp3) is 0.0444. The highest BCUT2D eigenvalue weighted by molar-refractivity contribution is 7.26. The van der Waals surface area contributed by atoms with Crippen molar-refractivity contribution in [2.24, 2.45) is 4.99 Å². The Hall–Kier alpha value is -6.01. The molecule has 0 aliphatic carbocycles. The number of rotatable bonds is 5. The molecule has 0 amide bonds. The average molecular weight is 660 g/mol. The number of aliphatic imine (C=N–C) groups is 1. The first-order valence-electron chi connectivity index (χ1n) is 17.0. The van der Waals surface area contributed by atoms with Crippen molar-refractivity contribution < 1.29 is 0 Å². The fourth-order valence-electron chi connectivity index (χ4n) is 7.39. The smallest absolute Gasteiger partial charge is 0.126 e. The van der Waals surface area contributed by atoms with Gasteiger partial charge in [-0.25, -0.2) is 0 Å². The minimum absolute atomic E-state index is 0.203. The second-order valence-corrected chi connectivity index (χ2v) is 13.8. The van der Waals surface area contributed by atoms with Gasteiger partial charge in [-0.15, -0.1) is 11.3 Å². The maximum Gasteiger partial charge on any atom is 0.126 e. The van der Waals surface area contributed by atoms with Gasteiger partial charge in [-0.2, -0.15) is 0 Å². The molecule has 3 heterocycles. The molecule has 0 fully saturated rings. The van der Waals surface area contributed by atoms with Crippen LogP contribution in [-0.2, 0) is 0 Å². The van der Waals surface area contributed by atoms with Crippen molar-refractivity contribution in [2.45, 2.75) is 12.3 Å². The summed E-state index contributed by atoms with van der Waals surface area (Å²) in [6, 6.07) is 60.5. The molecule has 10 rings (SSSR count). The summed E-state index contributed by atoms with van der Waals surface area (Å²) in [7, 11) is 0. The number of benzene rings is 7. The first kappa shape index (κ1) is 29.0. The number of aromatic nitrogens is 1. The minimum atomic E-state index is -0.296. The predicted molar refractivity (Wildman–Crippen MR) is 211 cm³/mol. The second-order valence-electron chi connectivity index (χ2n) is 12.8. The Morgan fingerprint density at radius 3 is 1.98 bits per heavy atom. The van der Waals surface area contributed by atoms with Gasteiger partial charge in [-0.3, -0.25) is 4.99 Å². The number of hydrogen-bond donors (Lipinski definition) is 1. The van der Waals surface area contributed by atoms with E-state index in [4.69, 9.17) is 10.3 Å². The van der Waals surface area contributed by atoms with Crippen molar-refractivity contribution in [3.8, 4) is 16.8 Å². The summed E-state index contributed by atoms with van der Waals surface area (Å²) < 4.78 is 5.08. The molecule has 5 heteroatoms. The molecule has 1 aliphatic rings. The molecule has 4 nitrogen and oxygen atoms in total. The quantitative estimate of drug-likeness (QED) is 0.196. The van der Waals surface area contributed by atoms with Crippen LogP contribution in [0, 0.1) is 0 Å². The summed E-state index contributed by atoms with van der Waals surface area (Å²) in [4.78, 5) is 5.12. The first-order valence-corrected chi connectivity index (χ1v) is 17.8. The minimum Gasteiger partial charge on any atom is -0.613 e. The van der Waals surface area contributed by atoms with Crippen molar-refractivity contribution in [1.82, 2.24) is 9.88 Å². The number of amidine groups is 1. The zero-order valence-corrected chi connectivity index (χ0v) is 27.9. The summed E-state index contributed by atoms with van der Waals surface area (Å²) >= 11 is 1.89. The van der Waals surface area contributed by atoms with Gasteiger partial charge in [-0.05, 0) is 77.0 Å². The number of fused-ring (bicyclic) bond motifs is 7. The molecule has 0 radical (unpaired) electrons. The molecule has 7 aromatic carbocycles. The van der Waals surface area contributed by atoms with Crippen LogP contribution in [0.1, 0.15) is 29.0 Å². The van der Waals surface area contributed by atoms with Gasteiger partial charge in [0.05, 0.1) is 11.0 Å². The van der Waals surface area contributed by atoms with E-state index in [0.29, 0.717) is 0 Å². The summed E-state index contributed by atoms with van der Waals surface area (Å²) in [5.41, 5.74) is 9.15. The van der Waals surface area contributed by atoms with Crippen LogP contribution >= 0.6 is 11.3 Å². The Balaban J connectivity index is 1.13. The molecule has 1 N–H and O–H groups in total. The molecular weight excluding hydrogens is 629 g/mol. The van der Waals surface area contributed by atoms with Gasteiger partial charge in [-0.1, -0.05) is 127 Å². The largest absolute Gasteiger partial charge is 0.613 e. The maximum absolute atomic E-state index is 5.12. The highest BCUT2D eigenvalue weighted by Crippen LogP contribution is 2.44. The zero-order valence-electron chi connectivity index (χ0n) is 27.1. The summed E-state index contributed by atoms with van der Waals surface area (Å²) in [6.07, 6.45) is -0.499. The van der Waals surface area contributed by atoms with Crippen LogP contribution in [0.4, 0.5) is 0 Å². The van der Waals surface area contributed by atoms with E-state index >= 15 is 0 Å². The monoisotopic (exact) mass is 659 g/mol. The van der Waals surface area contributed by atoms with E-state index in [-0.39, 0.29) is 12.3 Å². The van der Waals surface area contributed by atoms with E-state index in [0.717, 1.165) is 28.2 Å². The molecule has 50 heavy (non-hydrogen) atoms. The highest BCUT2D eigenvalue weighted by Gasteiger charge is 2.20. The number of thiophene rings is 1. The van der Waals surface area contributed by atoms with Crippen molar-refractivity contribution in [1.29, 1.82) is 0 Å². The van der Waals surface area contributed by atoms with Crippen LogP contribution in [0.3, 0.4) is 0 Å². The summed E-state index contributed by atoms with van der Waals surface area (Å²) in [5, 5.41) is 13.9. The van der Waals surface area contributed by atoms with Gasteiger partial charge in [0.25, 0.3) is 0 Å². The summed E-state index contributed by atoms with van der Waals surface area (Å²) in [5.74, 6) is 0.842. The van der Waals surface area contributed by atoms with E-state index in [9.17, 15) is 0 Å². The van der Waals surface area contributed by atoms with Gasteiger partial charge in [0.15, 0.2) is 0 Å². The van der Waals surface area contributed by atoms with E-state index in [2.05, 4.69) is 168 Å². The van der Waals surface area contributed by atoms with E-state index in [1.54, 1.807) is 0 Å². The Kier molecular flexibility index (Phi) is 6.86. The lowest BCUT2D eigenvalue weighted by Crippen LogP contribution is -2.34. The Morgan fingerprint density at radius 2 is 1.20 bits per heavy atom. The average Bonchev–Trinajstić information content (AvgIpc) is 3.74. The lowest BCUT2D eigenvalue weighted by Gasteiger charge is -2.44. The second kappa shape index (κ2) is 11.8. The fourth-order valence-corrected chi connectivity index (χ4v) is 8.65. The number of nitrogens with zero attached hydrogens (tertiary/aromatic N) is 3. The topological polar surface area (TPSA) is 43.4 Å². The van der Waals surface area contributed by atoms with E-state index < -0.39 is 0 Å². The van der Waals surface area contributed by atoms with E-state index in [1.807, 2.05) is 23.5 Å². The third kappa shape index (κ3) is 4.82. The number of hydrogen-bond acceptors (Lipinski definition) is 3.